The lowest BCUT2D eigenvalue weighted by Crippen LogP contribution is -2.40. The lowest BCUT2D eigenvalue weighted by molar-refractivity contribution is 0.0462. The zero-order chi connectivity index (χ0) is 32.0. The summed E-state index contributed by atoms with van der Waals surface area (Å²) in [6.45, 7) is 1.64. The zero-order valence-electron chi connectivity index (χ0n) is 25.7. The van der Waals surface area contributed by atoms with Crippen LogP contribution >= 0.6 is 0 Å². The molecule has 10 heteroatoms. The number of aliphatic hydroxyl groups excluding tert-OH is 2. The van der Waals surface area contributed by atoms with Gasteiger partial charge in [-0.15, -0.1) is 0 Å². The van der Waals surface area contributed by atoms with Crippen molar-refractivity contribution in [1.82, 2.24) is 10.2 Å². The van der Waals surface area contributed by atoms with Crippen LogP contribution < -0.4 is 10.1 Å². The molecule has 1 unspecified atom stereocenters. The van der Waals surface area contributed by atoms with Gasteiger partial charge < -0.3 is 30.3 Å². The Labute approximate surface area is 265 Å². The number of piperidine rings is 1. The Morgan fingerprint density at radius 2 is 1.60 bits per heavy atom. The van der Waals surface area contributed by atoms with Crippen LogP contribution in [0, 0.1) is 5.92 Å². The third-order valence-corrected chi connectivity index (χ3v) is 10.3. The van der Waals surface area contributed by atoms with Crippen molar-refractivity contribution in [2.45, 2.75) is 67.6 Å². The Hall–Kier alpha value is -3.44. The number of likely N-dealkylation sites (tertiary alicyclic amines) is 1. The molecule has 4 N–H and O–H groups in total. The molecule has 0 bridgehead atoms. The molecule has 1 saturated heterocycles. The van der Waals surface area contributed by atoms with Crippen molar-refractivity contribution in [3.8, 4) is 11.5 Å². The Bertz CT molecular complexity index is 1520. The lowest BCUT2D eigenvalue weighted by atomic mass is 9.81. The molecule has 1 heterocycles. The van der Waals surface area contributed by atoms with Crippen LogP contribution in [0.3, 0.4) is 0 Å². The van der Waals surface area contributed by atoms with Crippen LogP contribution in [0.25, 0.3) is 0 Å². The van der Waals surface area contributed by atoms with Crippen LogP contribution in [0.4, 0.5) is 0 Å². The molecule has 1 amide bonds. The minimum atomic E-state index is -3.60. The number of nitrogens with one attached hydrogen (secondary N) is 1. The maximum Gasteiger partial charge on any atom is 0.253 e. The quantitative estimate of drug-likeness (QED) is 0.243. The molecule has 1 saturated carbocycles. The van der Waals surface area contributed by atoms with E-state index in [4.69, 9.17) is 4.74 Å². The first kappa shape index (κ1) is 32.9. The highest BCUT2D eigenvalue weighted by atomic mass is 32.2. The molecule has 5 rings (SSSR count). The second-order valence-electron chi connectivity index (χ2n) is 12.4. The highest BCUT2D eigenvalue weighted by Crippen LogP contribution is 2.34. The van der Waals surface area contributed by atoms with E-state index < -0.39 is 22.0 Å². The van der Waals surface area contributed by atoms with E-state index in [2.05, 4.69) is 17.4 Å². The van der Waals surface area contributed by atoms with Gasteiger partial charge in [0, 0.05) is 43.6 Å². The van der Waals surface area contributed by atoms with Crippen molar-refractivity contribution in [3.05, 3.63) is 89.5 Å². The maximum absolute atomic E-state index is 13.2. The number of aromatic hydroxyl groups is 1. The first-order chi connectivity index (χ1) is 21.6. The van der Waals surface area contributed by atoms with Crippen molar-refractivity contribution in [3.63, 3.8) is 0 Å². The predicted molar refractivity (Wildman–Crippen MR) is 172 cm³/mol. The van der Waals surface area contributed by atoms with E-state index in [1.54, 1.807) is 0 Å². The SMILES string of the molecule is CS(=O)(=O)c1cc(OC[C@@H](O)CN[C@H]2CC[C@H](c3ccc(C(=O)N4CCC(C(O)c5ccccc5)CC4)cc3)CC2)ccc1O. The number of sulfone groups is 1. The number of aliphatic hydroxyl groups is 2. The molecular formula is C35H44N2O7S. The van der Waals surface area contributed by atoms with Gasteiger partial charge in [0.15, 0.2) is 9.84 Å². The van der Waals surface area contributed by atoms with Gasteiger partial charge in [-0.05, 0) is 85.8 Å². The molecule has 0 spiro atoms. The summed E-state index contributed by atoms with van der Waals surface area (Å²) in [5, 5.41) is 34.4. The lowest BCUT2D eigenvalue weighted by Gasteiger charge is -2.34. The number of hydrogen-bond donors (Lipinski definition) is 4. The standard InChI is InChI=1S/C35H44N2O7S/c1-45(42,43)33-21-31(15-16-32(33)39)44-23-30(38)22-36-29-13-11-25(12-14-29)24-7-9-28(10-8-24)35(41)37-19-17-27(18-20-37)34(40)26-5-3-2-4-6-26/h2-10,15-16,21,25,27,29-30,34,36,38-40H,11-14,17-20,22-23H2,1H3/t25-,29-,30-,34?/m0/s1. The zero-order valence-corrected chi connectivity index (χ0v) is 26.5. The van der Waals surface area contributed by atoms with E-state index >= 15 is 0 Å². The summed E-state index contributed by atoms with van der Waals surface area (Å²) >= 11 is 0. The first-order valence-corrected chi connectivity index (χ1v) is 17.7. The van der Waals surface area contributed by atoms with Crippen LogP contribution in [0.5, 0.6) is 11.5 Å². The van der Waals surface area contributed by atoms with E-state index in [0.717, 1.165) is 50.3 Å². The van der Waals surface area contributed by atoms with Crippen LogP contribution in [-0.2, 0) is 9.84 Å². The van der Waals surface area contributed by atoms with Gasteiger partial charge in [-0.3, -0.25) is 4.79 Å². The average molecular weight is 637 g/mol. The van der Waals surface area contributed by atoms with Gasteiger partial charge in [0.1, 0.15) is 29.1 Å². The van der Waals surface area contributed by atoms with Crippen molar-refractivity contribution in [1.29, 1.82) is 0 Å². The third-order valence-electron chi connectivity index (χ3n) is 9.19. The summed E-state index contributed by atoms with van der Waals surface area (Å²) in [6.07, 6.45) is 5.27. The van der Waals surface area contributed by atoms with Crippen LogP contribution in [0.2, 0.25) is 0 Å². The first-order valence-electron chi connectivity index (χ1n) is 15.8. The van der Waals surface area contributed by atoms with Gasteiger partial charge in [0.2, 0.25) is 0 Å². The summed E-state index contributed by atoms with van der Waals surface area (Å²) in [5.74, 6) is 0.561. The van der Waals surface area contributed by atoms with E-state index in [9.17, 15) is 28.5 Å². The van der Waals surface area contributed by atoms with Crippen LogP contribution in [0.1, 0.15) is 72.0 Å². The molecule has 3 aromatic rings. The summed E-state index contributed by atoms with van der Waals surface area (Å²) in [7, 11) is -3.60. The highest BCUT2D eigenvalue weighted by Gasteiger charge is 2.29. The van der Waals surface area contributed by atoms with Gasteiger partial charge in [0.25, 0.3) is 5.91 Å². The maximum atomic E-state index is 13.2. The fourth-order valence-electron chi connectivity index (χ4n) is 6.49. The molecular weight excluding hydrogens is 592 g/mol. The Morgan fingerprint density at radius 3 is 2.24 bits per heavy atom. The normalized spacial score (nSPS) is 20.8. The Morgan fingerprint density at radius 1 is 0.933 bits per heavy atom. The fraction of sp³-hybridized carbons (Fsp3) is 0.457. The number of rotatable bonds is 11. The molecule has 3 aromatic carbocycles. The molecule has 2 fully saturated rings. The second kappa shape index (κ2) is 14.8. The highest BCUT2D eigenvalue weighted by molar-refractivity contribution is 7.90. The molecule has 45 heavy (non-hydrogen) atoms. The number of carbonyl (C=O) groups excluding carboxylic acids is 1. The fourth-order valence-corrected chi connectivity index (χ4v) is 7.27. The third kappa shape index (κ3) is 8.64. The minimum absolute atomic E-state index is 0.00492. The Balaban J connectivity index is 1.02. The number of ether oxygens (including phenoxy) is 1. The average Bonchev–Trinajstić information content (AvgIpc) is 3.06. The number of phenols is 1. The van der Waals surface area contributed by atoms with E-state index in [0.29, 0.717) is 31.1 Å². The molecule has 9 nitrogen and oxygen atoms in total. The number of carbonyl (C=O) groups is 1. The summed E-state index contributed by atoms with van der Waals surface area (Å²) in [6, 6.07) is 22.1. The van der Waals surface area contributed by atoms with Crippen molar-refractivity contribution in [2.24, 2.45) is 5.92 Å². The van der Waals surface area contributed by atoms with Gasteiger partial charge >= 0.3 is 0 Å². The van der Waals surface area contributed by atoms with Gasteiger partial charge in [-0.2, -0.15) is 0 Å². The molecule has 0 radical (unpaired) electrons. The summed E-state index contributed by atoms with van der Waals surface area (Å²) in [4.78, 5) is 14.9. The van der Waals surface area contributed by atoms with E-state index in [1.807, 2.05) is 47.4 Å². The van der Waals surface area contributed by atoms with Gasteiger partial charge in [0.05, 0.1) is 6.10 Å². The monoisotopic (exact) mass is 636 g/mol. The van der Waals surface area contributed by atoms with Crippen LogP contribution in [-0.4, -0.2) is 79.2 Å². The largest absolute Gasteiger partial charge is 0.507 e. The second-order valence-corrected chi connectivity index (χ2v) is 14.4. The summed E-state index contributed by atoms with van der Waals surface area (Å²) in [5.41, 5.74) is 2.88. The minimum Gasteiger partial charge on any atom is -0.507 e. The van der Waals surface area contributed by atoms with Crippen molar-refractivity contribution >= 4 is 15.7 Å². The topological polar surface area (TPSA) is 136 Å². The van der Waals surface area contributed by atoms with Gasteiger partial charge in [-0.25, -0.2) is 8.42 Å². The van der Waals surface area contributed by atoms with E-state index in [1.165, 1.54) is 23.8 Å². The van der Waals surface area contributed by atoms with E-state index in [-0.39, 0.29) is 40.9 Å². The number of amides is 1. The summed E-state index contributed by atoms with van der Waals surface area (Å²) < 4.78 is 29.2. The molecule has 2 atom stereocenters. The smallest absolute Gasteiger partial charge is 0.253 e. The predicted octanol–water partition coefficient (Wildman–Crippen LogP) is 4.44. The van der Waals surface area contributed by atoms with Crippen molar-refractivity contribution < 1.29 is 33.3 Å². The number of benzene rings is 3. The number of phenolic OH excluding ortho intramolecular Hbond substituents is 1. The molecule has 1 aliphatic heterocycles. The molecule has 0 aromatic heterocycles. The van der Waals surface area contributed by atoms with Crippen LogP contribution in [0.15, 0.2) is 77.7 Å². The Kier molecular flexibility index (Phi) is 10.8. The van der Waals surface area contributed by atoms with Gasteiger partial charge in [-0.1, -0.05) is 42.5 Å². The number of hydrogen-bond acceptors (Lipinski definition) is 8. The van der Waals surface area contributed by atoms with Crippen molar-refractivity contribution in [2.75, 3.05) is 32.5 Å². The molecule has 2 aliphatic rings. The molecule has 1 aliphatic carbocycles. The molecule has 242 valence electrons. The number of nitrogens with zero attached hydrogens (tertiary/aromatic N) is 1.